The van der Waals surface area contributed by atoms with Crippen molar-refractivity contribution in [1.82, 2.24) is 10.3 Å². The maximum atomic E-state index is 12.7. The van der Waals surface area contributed by atoms with E-state index in [1.165, 1.54) is 31.5 Å². The van der Waals surface area contributed by atoms with Crippen molar-refractivity contribution in [1.29, 1.82) is 0 Å². The van der Waals surface area contributed by atoms with Crippen LogP contribution < -0.4 is 21.3 Å². The molecule has 1 saturated heterocycles. The Balaban J connectivity index is 1.68. The molecule has 1 aliphatic rings. The number of ether oxygens (including phenoxy) is 1. The second kappa shape index (κ2) is 12.4. The lowest BCUT2D eigenvalue weighted by Crippen LogP contribution is -2.29. The summed E-state index contributed by atoms with van der Waals surface area (Å²) >= 11 is 0. The highest BCUT2D eigenvalue weighted by Gasteiger charge is 2.13. The van der Waals surface area contributed by atoms with E-state index in [1.54, 1.807) is 25.3 Å². The number of nitrogens with two attached hydrogens (primary N) is 1. The van der Waals surface area contributed by atoms with Crippen LogP contribution in [-0.2, 0) is 9.53 Å². The standard InChI is InChI=1S/C25H31N5O3/c1-33-15-12-27-24-7-5-6-23(29-24)20(17-26)16-21(18-31)28-25(32)19-8-10-22(11-9-19)30-13-3-2-4-14-30/h5-11,16-18H,2-4,12-15,26H2,1H3,(H,27,29)(H,28,32)/b20-17+,21-16+. The van der Waals surface area contributed by atoms with Crippen molar-refractivity contribution in [3.63, 3.8) is 0 Å². The van der Waals surface area contributed by atoms with E-state index in [4.69, 9.17) is 10.5 Å². The normalized spacial score (nSPS) is 14.6. The van der Waals surface area contributed by atoms with Crippen LogP contribution in [0.5, 0.6) is 0 Å². The van der Waals surface area contributed by atoms with Crippen molar-refractivity contribution < 1.29 is 14.3 Å². The molecule has 3 rings (SSSR count). The van der Waals surface area contributed by atoms with Gasteiger partial charge in [0, 0.05) is 49.8 Å². The first-order valence-corrected chi connectivity index (χ1v) is 11.1. The van der Waals surface area contributed by atoms with Crippen molar-refractivity contribution >= 4 is 29.3 Å². The van der Waals surface area contributed by atoms with Gasteiger partial charge in [-0.25, -0.2) is 4.98 Å². The SMILES string of the molecule is COCCNc1cccc(C(/C=C(\C=O)NC(=O)c2ccc(N3CCCCC3)cc2)=C/N)n1. The molecule has 2 aromatic rings. The molecule has 0 atom stereocenters. The zero-order chi connectivity index (χ0) is 23.5. The molecule has 33 heavy (non-hydrogen) atoms. The van der Waals surface area contributed by atoms with Gasteiger partial charge < -0.3 is 26.0 Å². The molecule has 0 saturated carbocycles. The fraction of sp³-hybridized carbons (Fsp3) is 0.320. The van der Waals surface area contributed by atoms with Gasteiger partial charge in [0.2, 0.25) is 0 Å². The van der Waals surface area contributed by atoms with Crippen molar-refractivity contribution in [2.75, 3.05) is 43.6 Å². The second-order valence-corrected chi connectivity index (χ2v) is 7.72. The van der Waals surface area contributed by atoms with E-state index >= 15 is 0 Å². The number of aromatic nitrogens is 1. The number of hydrogen-bond donors (Lipinski definition) is 3. The summed E-state index contributed by atoms with van der Waals surface area (Å²) in [7, 11) is 1.63. The molecule has 8 heteroatoms. The largest absolute Gasteiger partial charge is 0.404 e. The maximum absolute atomic E-state index is 12.7. The molecule has 2 heterocycles. The summed E-state index contributed by atoms with van der Waals surface area (Å²) in [5, 5.41) is 5.80. The Bertz CT molecular complexity index is 995. The van der Waals surface area contributed by atoms with Crippen LogP contribution in [0.25, 0.3) is 5.57 Å². The average Bonchev–Trinajstić information content (AvgIpc) is 2.87. The molecule has 1 fully saturated rings. The molecule has 1 aromatic heterocycles. The highest BCUT2D eigenvalue weighted by atomic mass is 16.5. The lowest BCUT2D eigenvalue weighted by atomic mass is 10.1. The number of hydrogen-bond acceptors (Lipinski definition) is 7. The summed E-state index contributed by atoms with van der Waals surface area (Å²) in [5.74, 6) is 0.292. The molecule has 0 aliphatic carbocycles. The van der Waals surface area contributed by atoms with E-state index in [1.807, 2.05) is 24.3 Å². The van der Waals surface area contributed by atoms with Crippen molar-refractivity contribution in [3.05, 3.63) is 71.7 Å². The molecule has 1 aromatic carbocycles. The van der Waals surface area contributed by atoms with Gasteiger partial charge in [0.25, 0.3) is 5.91 Å². The Hall–Kier alpha value is -3.65. The summed E-state index contributed by atoms with van der Waals surface area (Å²) in [5.41, 5.74) is 8.54. The average molecular weight is 450 g/mol. The zero-order valence-corrected chi connectivity index (χ0v) is 18.9. The quantitative estimate of drug-likeness (QED) is 0.221. The number of nitrogens with one attached hydrogen (secondary N) is 2. The Kier molecular flexibility index (Phi) is 9.02. The lowest BCUT2D eigenvalue weighted by molar-refractivity contribution is -0.105. The number of piperidine rings is 1. The summed E-state index contributed by atoms with van der Waals surface area (Å²) in [6, 6.07) is 12.9. The van der Waals surface area contributed by atoms with Crippen LogP contribution in [0.1, 0.15) is 35.3 Å². The number of allylic oxidation sites excluding steroid dienone is 3. The number of carbonyl (C=O) groups excluding carboxylic acids is 2. The van der Waals surface area contributed by atoms with Gasteiger partial charge in [-0.1, -0.05) is 6.07 Å². The minimum atomic E-state index is -0.363. The smallest absolute Gasteiger partial charge is 0.255 e. The van der Waals surface area contributed by atoms with Gasteiger partial charge in [-0.05, 0) is 61.7 Å². The van der Waals surface area contributed by atoms with Crippen LogP contribution in [0.3, 0.4) is 0 Å². The zero-order valence-electron chi connectivity index (χ0n) is 18.9. The van der Waals surface area contributed by atoms with Gasteiger partial charge in [0.1, 0.15) is 5.82 Å². The summed E-state index contributed by atoms with van der Waals surface area (Å²) in [6.45, 7) is 3.23. The van der Waals surface area contributed by atoms with Gasteiger partial charge >= 0.3 is 0 Å². The van der Waals surface area contributed by atoms with Crippen molar-refractivity contribution in [2.24, 2.45) is 5.73 Å². The molecule has 0 spiro atoms. The van der Waals surface area contributed by atoms with Gasteiger partial charge in [0.15, 0.2) is 6.29 Å². The molecule has 0 unspecified atom stereocenters. The van der Waals surface area contributed by atoms with Crippen molar-refractivity contribution in [2.45, 2.75) is 19.3 Å². The Labute approximate surface area is 194 Å². The summed E-state index contributed by atoms with van der Waals surface area (Å²) in [6.07, 6.45) is 7.09. The highest BCUT2D eigenvalue weighted by molar-refractivity contribution is 5.99. The molecular formula is C25H31N5O3. The van der Waals surface area contributed by atoms with Gasteiger partial charge in [-0.3, -0.25) is 9.59 Å². The first-order valence-electron chi connectivity index (χ1n) is 11.1. The molecule has 0 bridgehead atoms. The first-order chi connectivity index (χ1) is 16.1. The lowest BCUT2D eigenvalue weighted by Gasteiger charge is -2.28. The van der Waals surface area contributed by atoms with E-state index < -0.39 is 0 Å². The van der Waals surface area contributed by atoms with E-state index in [2.05, 4.69) is 20.5 Å². The van der Waals surface area contributed by atoms with Crippen LogP contribution in [-0.4, -0.2) is 50.5 Å². The van der Waals surface area contributed by atoms with Crippen LogP contribution >= 0.6 is 0 Å². The number of aldehydes is 1. The third-order valence-corrected chi connectivity index (χ3v) is 5.38. The minimum absolute atomic E-state index is 0.0938. The number of carbonyl (C=O) groups is 2. The number of pyridine rings is 1. The van der Waals surface area contributed by atoms with Crippen LogP contribution in [0.2, 0.25) is 0 Å². The number of methoxy groups -OCH3 is 1. The minimum Gasteiger partial charge on any atom is -0.404 e. The molecule has 0 radical (unpaired) electrons. The molecular weight excluding hydrogens is 418 g/mol. The number of rotatable bonds is 10. The Morgan fingerprint density at radius 2 is 1.91 bits per heavy atom. The predicted octanol–water partition coefficient (Wildman–Crippen LogP) is 2.94. The van der Waals surface area contributed by atoms with Crippen LogP contribution in [0.4, 0.5) is 11.5 Å². The third-order valence-electron chi connectivity index (χ3n) is 5.38. The van der Waals surface area contributed by atoms with Crippen LogP contribution in [0, 0.1) is 0 Å². The maximum Gasteiger partial charge on any atom is 0.255 e. The number of benzene rings is 1. The molecule has 174 valence electrons. The first kappa shape index (κ1) is 24.0. The van der Waals surface area contributed by atoms with Crippen molar-refractivity contribution in [3.8, 4) is 0 Å². The van der Waals surface area contributed by atoms with E-state index in [9.17, 15) is 9.59 Å². The van der Waals surface area contributed by atoms with E-state index in [0.29, 0.717) is 42.1 Å². The number of nitrogens with zero attached hydrogens (tertiary/aromatic N) is 2. The molecule has 1 amide bonds. The van der Waals surface area contributed by atoms with Gasteiger partial charge in [0.05, 0.1) is 18.0 Å². The molecule has 1 aliphatic heterocycles. The topological polar surface area (TPSA) is 110 Å². The monoisotopic (exact) mass is 449 g/mol. The summed E-state index contributed by atoms with van der Waals surface area (Å²) in [4.78, 5) is 31.2. The van der Waals surface area contributed by atoms with Crippen LogP contribution in [0.15, 0.2) is 60.4 Å². The molecule has 4 N–H and O–H groups in total. The molecule has 8 nitrogen and oxygen atoms in total. The highest BCUT2D eigenvalue weighted by Crippen LogP contribution is 2.20. The fourth-order valence-corrected chi connectivity index (χ4v) is 3.63. The number of anilines is 2. The third kappa shape index (κ3) is 6.92. The van der Waals surface area contributed by atoms with Gasteiger partial charge in [-0.15, -0.1) is 0 Å². The Morgan fingerprint density at radius 1 is 1.15 bits per heavy atom. The predicted molar refractivity (Wildman–Crippen MR) is 131 cm³/mol. The fourth-order valence-electron chi connectivity index (χ4n) is 3.63. The van der Waals surface area contributed by atoms with E-state index in [0.717, 1.165) is 18.8 Å². The van der Waals surface area contributed by atoms with Gasteiger partial charge in [-0.2, -0.15) is 0 Å². The Morgan fingerprint density at radius 3 is 2.58 bits per heavy atom. The summed E-state index contributed by atoms with van der Waals surface area (Å²) < 4.78 is 5.03. The number of amides is 1. The second-order valence-electron chi connectivity index (χ2n) is 7.72. The van der Waals surface area contributed by atoms with E-state index in [-0.39, 0.29) is 11.6 Å².